The van der Waals surface area contributed by atoms with E-state index in [2.05, 4.69) is 24.3 Å². The lowest BCUT2D eigenvalue weighted by atomic mass is 9.92. The van der Waals surface area contributed by atoms with Crippen LogP contribution in [-0.2, 0) is 11.3 Å². The molecule has 2 aromatic carbocycles. The molecule has 0 atom stereocenters. The van der Waals surface area contributed by atoms with Gasteiger partial charge in [-0.1, -0.05) is 67.9 Å². The smallest absolute Gasteiger partial charge is 0.227 e. The zero-order valence-electron chi connectivity index (χ0n) is 17.4. The number of hydrazine groups is 1. The summed E-state index contributed by atoms with van der Waals surface area (Å²) in [5.41, 5.74) is 8.17. The van der Waals surface area contributed by atoms with Gasteiger partial charge in [0, 0.05) is 17.1 Å². The third kappa shape index (κ3) is 6.48. The van der Waals surface area contributed by atoms with E-state index in [0.29, 0.717) is 23.3 Å². The molecule has 6 nitrogen and oxygen atoms in total. The second-order valence-corrected chi connectivity index (χ2v) is 8.42. The van der Waals surface area contributed by atoms with Crippen LogP contribution in [0.3, 0.4) is 0 Å². The van der Waals surface area contributed by atoms with Gasteiger partial charge in [-0.3, -0.25) is 4.79 Å². The Hall–Kier alpha value is -2.57. The summed E-state index contributed by atoms with van der Waals surface area (Å²) < 4.78 is 0. The fourth-order valence-electron chi connectivity index (χ4n) is 2.80. The molecular formula is C22H30ClN5O. The highest BCUT2D eigenvalue weighted by atomic mass is 35.5. The first kappa shape index (κ1) is 22.7. The third-order valence-corrected chi connectivity index (χ3v) is 5.05. The minimum atomic E-state index is -0.777. The van der Waals surface area contributed by atoms with Crippen molar-refractivity contribution in [1.29, 1.82) is 0 Å². The van der Waals surface area contributed by atoms with Crippen LogP contribution in [0.2, 0.25) is 5.02 Å². The Morgan fingerprint density at radius 3 is 2.38 bits per heavy atom. The number of amides is 1. The van der Waals surface area contributed by atoms with E-state index in [0.717, 1.165) is 11.1 Å². The zero-order valence-corrected chi connectivity index (χ0v) is 18.2. The van der Waals surface area contributed by atoms with Gasteiger partial charge in [0.2, 0.25) is 5.91 Å². The molecule has 0 bridgehead atoms. The maximum Gasteiger partial charge on any atom is 0.227 e. The molecule has 5 N–H and O–H groups in total. The number of hydrazone groups is 1. The number of rotatable bonds is 8. The van der Waals surface area contributed by atoms with Gasteiger partial charge in [0.1, 0.15) is 0 Å². The molecule has 7 heteroatoms. The maximum atomic E-state index is 12.6. The average Bonchev–Trinajstić information content (AvgIpc) is 2.66. The van der Waals surface area contributed by atoms with Gasteiger partial charge in [-0.2, -0.15) is 0 Å². The van der Waals surface area contributed by atoms with Crippen LogP contribution in [0, 0.1) is 5.41 Å². The summed E-state index contributed by atoms with van der Waals surface area (Å²) in [6, 6.07) is 15.3. The summed E-state index contributed by atoms with van der Waals surface area (Å²) in [4.78, 5) is 12.6. The Balaban J connectivity index is 1.97. The minimum absolute atomic E-state index is 0.150. The van der Waals surface area contributed by atoms with Gasteiger partial charge >= 0.3 is 0 Å². The lowest BCUT2D eigenvalue weighted by molar-refractivity contribution is -0.130. The van der Waals surface area contributed by atoms with Crippen molar-refractivity contribution in [3.63, 3.8) is 0 Å². The van der Waals surface area contributed by atoms with Crippen molar-refractivity contribution in [2.24, 2.45) is 22.1 Å². The summed E-state index contributed by atoms with van der Waals surface area (Å²) in [7, 11) is 0. The van der Waals surface area contributed by atoms with Crippen LogP contribution in [0.4, 0.5) is 0 Å². The van der Waals surface area contributed by atoms with Crippen molar-refractivity contribution < 1.29 is 4.79 Å². The van der Waals surface area contributed by atoms with Crippen LogP contribution in [0.25, 0.3) is 0 Å². The predicted octanol–water partition coefficient (Wildman–Crippen LogP) is 3.60. The van der Waals surface area contributed by atoms with Gasteiger partial charge in [0.15, 0.2) is 5.84 Å². The fraction of sp³-hybridized carbons (Fsp3) is 0.364. The molecule has 0 radical (unpaired) electrons. The monoisotopic (exact) mass is 415 g/mol. The molecule has 0 aliphatic heterocycles. The van der Waals surface area contributed by atoms with Crippen LogP contribution < -0.4 is 16.9 Å². The molecule has 156 valence electrons. The third-order valence-electron chi connectivity index (χ3n) is 4.68. The Kier molecular flexibility index (Phi) is 7.65. The molecule has 0 saturated heterocycles. The number of halogens is 1. The first-order chi connectivity index (χ1) is 13.6. The maximum absolute atomic E-state index is 12.6. The SMILES string of the molecule is CC(C)c1ccc(/C(N)=N/N(N)CC(C)(C)C(=O)NCc2ccccc2Cl)cc1. The molecule has 0 unspecified atom stereocenters. The molecule has 0 aliphatic carbocycles. The van der Waals surface area contributed by atoms with Gasteiger partial charge < -0.3 is 11.1 Å². The Bertz CT molecular complexity index is 862. The van der Waals surface area contributed by atoms with E-state index in [4.69, 9.17) is 23.2 Å². The van der Waals surface area contributed by atoms with E-state index in [-0.39, 0.29) is 12.5 Å². The molecule has 0 fully saturated rings. The average molecular weight is 416 g/mol. The van der Waals surface area contributed by atoms with Crippen molar-refractivity contribution in [1.82, 2.24) is 10.4 Å². The second-order valence-electron chi connectivity index (χ2n) is 8.02. The van der Waals surface area contributed by atoms with E-state index < -0.39 is 5.41 Å². The first-order valence-corrected chi connectivity index (χ1v) is 9.96. The Morgan fingerprint density at radius 2 is 1.79 bits per heavy atom. The molecule has 0 spiro atoms. The summed E-state index contributed by atoms with van der Waals surface area (Å²) in [5, 5.41) is 8.95. The molecule has 2 rings (SSSR count). The molecule has 0 aliphatic rings. The van der Waals surface area contributed by atoms with E-state index in [1.54, 1.807) is 19.9 Å². The van der Waals surface area contributed by atoms with E-state index >= 15 is 0 Å². The van der Waals surface area contributed by atoms with Gasteiger partial charge in [-0.15, -0.1) is 5.10 Å². The number of hydrogen-bond donors (Lipinski definition) is 3. The van der Waals surface area contributed by atoms with E-state index in [1.165, 1.54) is 10.7 Å². The highest BCUT2D eigenvalue weighted by Crippen LogP contribution is 2.19. The van der Waals surface area contributed by atoms with Crippen LogP contribution in [0.1, 0.15) is 50.3 Å². The Morgan fingerprint density at radius 1 is 1.17 bits per heavy atom. The highest BCUT2D eigenvalue weighted by molar-refractivity contribution is 6.31. The number of amidine groups is 1. The Labute approximate surface area is 177 Å². The molecule has 1 amide bonds. The highest BCUT2D eigenvalue weighted by Gasteiger charge is 2.29. The number of nitrogens with one attached hydrogen (secondary N) is 1. The van der Waals surface area contributed by atoms with Crippen molar-refractivity contribution in [2.75, 3.05) is 6.54 Å². The standard InChI is InChI=1S/C22H30ClN5O/c1-15(2)16-9-11-17(12-10-16)20(24)27-28(25)14-22(3,4)21(29)26-13-18-7-5-6-8-19(18)23/h5-12,15H,13-14,25H2,1-4H3,(H2,24,27)(H,26,29). The molecule has 0 heterocycles. The number of carbonyl (C=O) groups excluding carboxylic acids is 1. The van der Waals surface area contributed by atoms with Crippen LogP contribution in [0.5, 0.6) is 0 Å². The van der Waals surface area contributed by atoms with Gasteiger partial charge in [-0.05, 0) is 37.0 Å². The van der Waals surface area contributed by atoms with Crippen LogP contribution in [0.15, 0.2) is 53.6 Å². The second kappa shape index (κ2) is 9.76. The molecular weight excluding hydrogens is 386 g/mol. The summed E-state index contributed by atoms with van der Waals surface area (Å²) in [5.74, 6) is 6.60. The normalized spacial score (nSPS) is 12.2. The number of carbonyl (C=O) groups is 1. The van der Waals surface area contributed by atoms with Crippen molar-refractivity contribution >= 4 is 23.3 Å². The topological polar surface area (TPSA) is 96.7 Å². The summed E-state index contributed by atoms with van der Waals surface area (Å²) >= 11 is 6.14. The summed E-state index contributed by atoms with van der Waals surface area (Å²) in [6.45, 7) is 8.42. The van der Waals surface area contributed by atoms with Crippen molar-refractivity contribution in [3.05, 3.63) is 70.2 Å². The van der Waals surface area contributed by atoms with Crippen molar-refractivity contribution in [3.8, 4) is 0 Å². The van der Waals surface area contributed by atoms with Gasteiger partial charge in [-0.25, -0.2) is 11.0 Å². The largest absolute Gasteiger partial charge is 0.382 e. The fourth-order valence-corrected chi connectivity index (χ4v) is 3.01. The van der Waals surface area contributed by atoms with E-state index in [9.17, 15) is 4.79 Å². The molecule has 0 saturated carbocycles. The molecule has 2 aromatic rings. The number of nitrogens with two attached hydrogens (primary N) is 2. The van der Waals surface area contributed by atoms with Crippen LogP contribution >= 0.6 is 11.6 Å². The van der Waals surface area contributed by atoms with Gasteiger partial charge in [0.05, 0.1) is 12.0 Å². The first-order valence-electron chi connectivity index (χ1n) is 9.58. The van der Waals surface area contributed by atoms with Crippen LogP contribution in [-0.4, -0.2) is 23.4 Å². The lowest BCUT2D eigenvalue weighted by Gasteiger charge is -2.27. The zero-order chi connectivity index (χ0) is 21.6. The lowest BCUT2D eigenvalue weighted by Crippen LogP contribution is -2.46. The van der Waals surface area contributed by atoms with Gasteiger partial charge in [0.25, 0.3) is 0 Å². The molecule has 0 aromatic heterocycles. The number of nitrogens with zero attached hydrogens (tertiary/aromatic N) is 2. The minimum Gasteiger partial charge on any atom is -0.382 e. The van der Waals surface area contributed by atoms with Crippen molar-refractivity contribution in [2.45, 2.75) is 40.2 Å². The molecule has 29 heavy (non-hydrogen) atoms. The number of hydrogen-bond acceptors (Lipinski definition) is 4. The quantitative estimate of drug-likeness (QED) is 0.265. The number of benzene rings is 2. The summed E-state index contributed by atoms with van der Waals surface area (Å²) in [6.07, 6.45) is 0. The predicted molar refractivity (Wildman–Crippen MR) is 119 cm³/mol. The van der Waals surface area contributed by atoms with E-state index in [1.807, 2.05) is 42.5 Å².